The summed E-state index contributed by atoms with van der Waals surface area (Å²) >= 11 is 0. The number of nitrogens with two attached hydrogens (primary N) is 1. The summed E-state index contributed by atoms with van der Waals surface area (Å²) in [6.45, 7) is 4.57. The van der Waals surface area contributed by atoms with Crippen molar-refractivity contribution in [1.29, 1.82) is 0 Å². The molecule has 0 spiro atoms. The van der Waals surface area contributed by atoms with E-state index >= 15 is 0 Å². The summed E-state index contributed by atoms with van der Waals surface area (Å²) in [6, 6.07) is 28.6. The lowest BCUT2D eigenvalue weighted by atomic mass is 10.2. The van der Waals surface area contributed by atoms with Gasteiger partial charge in [-0.3, -0.25) is 14.3 Å². The van der Waals surface area contributed by atoms with Gasteiger partial charge in [-0.25, -0.2) is 14.6 Å². The highest BCUT2D eigenvalue weighted by atomic mass is 16.5. The molecule has 0 aliphatic carbocycles. The summed E-state index contributed by atoms with van der Waals surface area (Å²) in [5.74, 6) is 2.36. The van der Waals surface area contributed by atoms with Crippen LogP contribution >= 0.6 is 0 Å². The van der Waals surface area contributed by atoms with Gasteiger partial charge in [0.25, 0.3) is 5.91 Å². The second-order valence-electron chi connectivity index (χ2n) is 9.09. The lowest BCUT2D eigenvalue weighted by Crippen LogP contribution is -2.00. The maximum atomic E-state index is 10.7. The third-order valence-electron chi connectivity index (χ3n) is 5.54. The number of rotatable bonds is 5. The van der Waals surface area contributed by atoms with Crippen molar-refractivity contribution in [2.75, 3.05) is 19.8 Å². The SMILES string of the molecule is CCN.CCO.Cn1nc(-c2ccccc2)nc1C=O.Cn1nc(-c2ccccc2)nc1CO.O=C1COC(c2ccccc2)=N1. The number of nitrogens with zero attached hydrogens (tertiary/aromatic N) is 7. The van der Waals surface area contributed by atoms with E-state index in [-0.39, 0.29) is 25.7 Å². The number of aliphatic imine (C=N–C) groups is 1. The van der Waals surface area contributed by atoms with E-state index in [0.29, 0.717) is 35.5 Å². The van der Waals surface area contributed by atoms with Gasteiger partial charge in [0, 0.05) is 37.4 Å². The van der Waals surface area contributed by atoms with Gasteiger partial charge in [-0.05, 0) is 25.6 Å². The number of aryl methyl sites for hydroxylation is 2. The lowest BCUT2D eigenvalue weighted by Gasteiger charge is -1.97. The van der Waals surface area contributed by atoms with Crippen LogP contribution in [0.1, 0.15) is 35.9 Å². The molecule has 6 rings (SSSR count). The van der Waals surface area contributed by atoms with Crippen LogP contribution in [0.4, 0.5) is 0 Å². The average molecular weight is 629 g/mol. The number of aldehydes is 1. The first-order chi connectivity index (χ1) is 22.3. The average Bonchev–Trinajstić information content (AvgIpc) is 3.81. The fourth-order valence-corrected chi connectivity index (χ4v) is 3.51. The quantitative estimate of drug-likeness (QED) is 0.244. The Hall–Kier alpha value is -5.37. The molecular formula is C33H40N8O5. The highest BCUT2D eigenvalue weighted by Gasteiger charge is 2.16. The van der Waals surface area contributed by atoms with Crippen LogP contribution in [0.25, 0.3) is 22.8 Å². The molecule has 1 aliphatic rings. The molecule has 0 unspecified atom stereocenters. The molecule has 0 atom stereocenters. The van der Waals surface area contributed by atoms with E-state index in [1.165, 1.54) is 4.68 Å². The maximum Gasteiger partial charge on any atom is 0.286 e. The number of benzene rings is 3. The Morgan fingerprint density at radius 2 is 1.22 bits per heavy atom. The van der Waals surface area contributed by atoms with Gasteiger partial charge in [0.15, 0.2) is 36.2 Å². The predicted octanol–water partition coefficient (Wildman–Crippen LogP) is 3.22. The number of carbonyl (C=O) groups is 2. The van der Waals surface area contributed by atoms with E-state index in [2.05, 4.69) is 25.2 Å². The number of ether oxygens (including phenoxy) is 1. The smallest absolute Gasteiger partial charge is 0.286 e. The number of aromatic nitrogens is 6. The molecular weight excluding hydrogens is 588 g/mol. The summed E-state index contributed by atoms with van der Waals surface area (Å²) < 4.78 is 8.10. The van der Waals surface area contributed by atoms with Gasteiger partial charge < -0.3 is 20.7 Å². The summed E-state index contributed by atoms with van der Waals surface area (Å²) in [7, 11) is 3.47. The van der Waals surface area contributed by atoms with Crippen LogP contribution in [0.5, 0.6) is 0 Å². The molecule has 1 amide bonds. The Balaban J connectivity index is 0.000000221. The van der Waals surface area contributed by atoms with E-state index in [1.807, 2.05) is 97.9 Å². The van der Waals surface area contributed by atoms with Crippen LogP contribution in [-0.4, -0.2) is 77.6 Å². The molecule has 0 saturated carbocycles. The van der Waals surface area contributed by atoms with Crippen molar-refractivity contribution in [3.8, 4) is 22.8 Å². The summed E-state index contributed by atoms with van der Waals surface area (Å²) in [4.78, 5) is 33.3. The number of aliphatic hydroxyl groups excluding tert-OH is 2. The van der Waals surface area contributed by atoms with Gasteiger partial charge in [0.1, 0.15) is 6.61 Å². The van der Waals surface area contributed by atoms with Crippen molar-refractivity contribution in [3.05, 3.63) is 108 Å². The fraction of sp³-hybridized carbons (Fsp3) is 0.242. The van der Waals surface area contributed by atoms with Gasteiger partial charge in [-0.1, -0.05) is 85.8 Å². The van der Waals surface area contributed by atoms with E-state index in [1.54, 1.807) is 25.7 Å². The molecule has 0 fully saturated rings. The Morgan fingerprint density at radius 3 is 1.59 bits per heavy atom. The fourth-order valence-electron chi connectivity index (χ4n) is 3.51. The van der Waals surface area contributed by atoms with Crippen LogP contribution in [-0.2, 0) is 30.2 Å². The molecule has 13 nitrogen and oxygen atoms in total. The Bertz CT molecular complexity index is 1620. The van der Waals surface area contributed by atoms with Crippen molar-refractivity contribution in [2.24, 2.45) is 24.8 Å². The Kier molecular flexibility index (Phi) is 16.5. The largest absolute Gasteiger partial charge is 0.467 e. The van der Waals surface area contributed by atoms with E-state index in [0.717, 1.165) is 23.2 Å². The zero-order valence-electron chi connectivity index (χ0n) is 26.4. The first-order valence-corrected chi connectivity index (χ1v) is 14.4. The predicted molar refractivity (Wildman–Crippen MR) is 176 cm³/mol. The molecule has 3 aromatic carbocycles. The number of hydrogen-bond donors (Lipinski definition) is 3. The monoisotopic (exact) mass is 628 g/mol. The molecule has 3 heterocycles. The van der Waals surface area contributed by atoms with Crippen LogP contribution in [0.15, 0.2) is 96.0 Å². The zero-order chi connectivity index (χ0) is 33.7. The third-order valence-corrected chi connectivity index (χ3v) is 5.54. The number of carbonyl (C=O) groups excluding carboxylic acids is 2. The molecule has 0 saturated heterocycles. The minimum atomic E-state index is -0.214. The zero-order valence-corrected chi connectivity index (χ0v) is 26.4. The minimum absolute atomic E-state index is 0.0736. The van der Waals surface area contributed by atoms with E-state index < -0.39 is 0 Å². The highest BCUT2D eigenvalue weighted by molar-refractivity contribution is 6.05. The molecule has 5 aromatic rings. The molecule has 0 radical (unpaired) electrons. The van der Waals surface area contributed by atoms with Crippen LogP contribution in [0.3, 0.4) is 0 Å². The van der Waals surface area contributed by atoms with Gasteiger partial charge >= 0.3 is 0 Å². The summed E-state index contributed by atoms with van der Waals surface area (Å²) in [5.41, 5.74) is 7.57. The summed E-state index contributed by atoms with van der Waals surface area (Å²) in [6.07, 6.45) is 0.694. The number of aliphatic hydroxyl groups is 2. The first kappa shape index (κ1) is 36.8. The van der Waals surface area contributed by atoms with Gasteiger partial charge in [0.2, 0.25) is 5.90 Å². The summed E-state index contributed by atoms with van der Waals surface area (Å²) in [5, 5.41) is 24.8. The van der Waals surface area contributed by atoms with Crippen molar-refractivity contribution < 1.29 is 24.5 Å². The van der Waals surface area contributed by atoms with Crippen LogP contribution in [0, 0.1) is 0 Å². The minimum Gasteiger partial charge on any atom is -0.467 e. The van der Waals surface area contributed by atoms with Crippen molar-refractivity contribution in [3.63, 3.8) is 0 Å². The van der Waals surface area contributed by atoms with Crippen molar-refractivity contribution in [1.82, 2.24) is 29.5 Å². The maximum absolute atomic E-state index is 10.7. The molecule has 1 aliphatic heterocycles. The third kappa shape index (κ3) is 12.0. The molecule has 242 valence electrons. The van der Waals surface area contributed by atoms with Gasteiger partial charge in [-0.2, -0.15) is 15.2 Å². The molecule has 4 N–H and O–H groups in total. The molecule has 13 heteroatoms. The number of amides is 1. The first-order valence-electron chi connectivity index (χ1n) is 14.4. The Morgan fingerprint density at radius 1 is 0.783 bits per heavy atom. The van der Waals surface area contributed by atoms with Crippen molar-refractivity contribution >= 4 is 18.1 Å². The standard InChI is InChI=1S/C10H11N3O.C10H9N3O.C9H7NO2.C2H7N.C2H6O/c2*1-13-9(7-14)11-10(12-13)8-5-3-2-4-6-8;11-8-6-12-9(10-8)7-4-2-1-3-5-7;2*1-2-3/h2-6,14H,7H2,1H3;2-7H,1H3;1-5H,6H2;2-3H2,1H3;3H,2H2,1H3. The molecule has 2 aromatic heterocycles. The number of hydrogen-bond acceptors (Lipinski definition) is 10. The van der Waals surface area contributed by atoms with Gasteiger partial charge in [0.05, 0.1) is 0 Å². The van der Waals surface area contributed by atoms with Crippen molar-refractivity contribution in [2.45, 2.75) is 20.5 Å². The normalized spacial score (nSPS) is 11.1. The Labute approximate surface area is 268 Å². The second kappa shape index (κ2) is 20.6. The highest BCUT2D eigenvalue weighted by Crippen LogP contribution is 2.15. The van der Waals surface area contributed by atoms with Gasteiger partial charge in [-0.15, -0.1) is 0 Å². The topological polar surface area (TPSA) is 184 Å². The second-order valence-corrected chi connectivity index (χ2v) is 9.09. The van der Waals surface area contributed by atoms with E-state index in [4.69, 9.17) is 20.7 Å². The van der Waals surface area contributed by atoms with Crippen LogP contribution < -0.4 is 5.73 Å². The van der Waals surface area contributed by atoms with Crippen LogP contribution in [0.2, 0.25) is 0 Å². The molecule has 0 bridgehead atoms. The lowest BCUT2D eigenvalue weighted by molar-refractivity contribution is -0.118. The van der Waals surface area contributed by atoms with E-state index in [9.17, 15) is 9.59 Å². The molecule has 46 heavy (non-hydrogen) atoms.